The van der Waals surface area contributed by atoms with Gasteiger partial charge >= 0.3 is 13.1 Å². The highest BCUT2D eigenvalue weighted by atomic mass is 16.7. The molecule has 0 saturated carbocycles. The van der Waals surface area contributed by atoms with Crippen LogP contribution in [-0.2, 0) is 14.0 Å². The van der Waals surface area contributed by atoms with E-state index in [1.54, 1.807) is 6.07 Å². The number of esters is 1. The maximum Gasteiger partial charge on any atom is 0.495 e. The molecular formula is C15H21BO5. The second kappa shape index (κ2) is 5.03. The van der Waals surface area contributed by atoms with E-state index in [0.717, 1.165) is 5.56 Å². The highest BCUT2D eigenvalue weighted by molar-refractivity contribution is 6.62. The Bertz CT molecular complexity index is 564. The van der Waals surface area contributed by atoms with Crippen molar-refractivity contribution in [2.45, 2.75) is 45.8 Å². The van der Waals surface area contributed by atoms with Crippen molar-refractivity contribution in [3.05, 3.63) is 23.3 Å². The van der Waals surface area contributed by atoms with Crippen LogP contribution >= 0.6 is 0 Å². The third-order valence-electron chi connectivity index (χ3n) is 4.30. The maximum atomic E-state index is 11.7. The number of carbonyl (C=O) groups is 1. The Morgan fingerprint density at radius 2 is 1.71 bits per heavy atom. The molecule has 1 aliphatic heterocycles. The molecule has 2 rings (SSSR count). The molecule has 1 fully saturated rings. The van der Waals surface area contributed by atoms with E-state index in [9.17, 15) is 9.90 Å². The molecule has 114 valence electrons. The molecule has 0 spiro atoms. The van der Waals surface area contributed by atoms with Crippen LogP contribution in [0.5, 0.6) is 5.75 Å². The second-order valence-corrected chi connectivity index (χ2v) is 6.31. The molecule has 1 aromatic carbocycles. The van der Waals surface area contributed by atoms with Gasteiger partial charge in [0.2, 0.25) is 0 Å². The van der Waals surface area contributed by atoms with E-state index in [2.05, 4.69) is 4.74 Å². The van der Waals surface area contributed by atoms with Gasteiger partial charge in [-0.15, -0.1) is 0 Å². The minimum absolute atomic E-state index is 0.104. The zero-order chi connectivity index (χ0) is 16.0. The van der Waals surface area contributed by atoms with Crippen molar-refractivity contribution in [3.63, 3.8) is 0 Å². The van der Waals surface area contributed by atoms with Crippen LogP contribution in [0.2, 0.25) is 0 Å². The van der Waals surface area contributed by atoms with Gasteiger partial charge in [-0.1, -0.05) is 0 Å². The maximum absolute atomic E-state index is 11.7. The predicted molar refractivity (Wildman–Crippen MR) is 79.9 cm³/mol. The van der Waals surface area contributed by atoms with Crippen molar-refractivity contribution >= 4 is 18.6 Å². The molecule has 1 aliphatic rings. The first kappa shape index (κ1) is 15.9. The lowest BCUT2D eigenvalue weighted by Crippen LogP contribution is -2.41. The third-order valence-corrected chi connectivity index (χ3v) is 4.30. The third kappa shape index (κ3) is 2.65. The molecule has 6 heteroatoms. The Kier molecular flexibility index (Phi) is 3.80. The van der Waals surface area contributed by atoms with Gasteiger partial charge in [0, 0.05) is 0 Å². The number of aryl methyl sites for hydroxylation is 1. The number of hydrogen-bond acceptors (Lipinski definition) is 5. The molecule has 0 aromatic heterocycles. The summed E-state index contributed by atoms with van der Waals surface area (Å²) in [7, 11) is 0.690. The summed E-state index contributed by atoms with van der Waals surface area (Å²) in [5.74, 6) is -0.704. The molecule has 0 radical (unpaired) electrons. The number of methoxy groups -OCH3 is 1. The van der Waals surface area contributed by atoms with E-state index in [0.29, 0.717) is 5.46 Å². The first-order valence-corrected chi connectivity index (χ1v) is 6.86. The average molecular weight is 292 g/mol. The Balaban J connectivity index is 2.44. The van der Waals surface area contributed by atoms with Crippen LogP contribution in [0.4, 0.5) is 0 Å². The number of carbonyl (C=O) groups excluding carboxylic acids is 1. The monoisotopic (exact) mass is 292 g/mol. The Morgan fingerprint density at radius 1 is 1.19 bits per heavy atom. The van der Waals surface area contributed by atoms with Gasteiger partial charge in [-0.3, -0.25) is 0 Å². The van der Waals surface area contributed by atoms with Crippen LogP contribution < -0.4 is 5.46 Å². The van der Waals surface area contributed by atoms with Crippen LogP contribution in [0.1, 0.15) is 43.6 Å². The van der Waals surface area contributed by atoms with E-state index in [1.165, 1.54) is 13.2 Å². The van der Waals surface area contributed by atoms with Gasteiger partial charge in [0.05, 0.1) is 18.3 Å². The highest BCUT2D eigenvalue weighted by Crippen LogP contribution is 2.37. The standard InChI is InChI=1S/C15H21BO5/c1-9-7-12(17)10(13(18)19-6)8-11(9)16-20-14(2,3)15(4,5)21-16/h7-8,17H,1-6H3. The fourth-order valence-electron chi connectivity index (χ4n) is 2.21. The molecule has 0 amide bonds. The fraction of sp³-hybridized carbons (Fsp3) is 0.533. The molecular weight excluding hydrogens is 271 g/mol. The topological polar surface area (TPSA) is 65.0 Å². The zero-order valence-electron chi connectivity index (χ0n) is 13.3. The van der Waals surface area contributed by atoms with Crippen molar-refractivity contribution in [2.24, 2.45) is 0 Å². The first-order valence-electron chi connectivity index (χ1n) is 6.86. The van der Waals surface area contributed by atoms with Crippen molar-refractivity contribution in [1.82, 2.24) is 0 Å². The number of rotatable bonds is 2. The van der Waals surface area contributed by atoms with Gasteiger partial charge in [-0.2, -0.15) is 0 Å². The quantitative estimate of drug-likeness (QED) is 0.665. The van der Waals surface area contributed by atoms with Crippen molar-refractivity contribution in [2.75, 3.05) is 7.11 Å². The van der Waals surface area contributed by atoms with Crippen LogP contribution in [0.3, 0.4) is 0 Å². The summed E-state index contributed by atoms with van der Waals surface area (Å²) < 4.78 is 16.6. The summed E-state index contributed by atoms with van der Waals surface area (Å²) in [5, 5.41) is 9.88. The Morgan fingerprint density at radius 3 is 2.19 bits per heavy atom. The predicted octanol–water partition coefficient (Wildman–Crippen LogP) is 1.79. The molecule has 0 unspecified atom stereocenters. The normalized spacial score (nSPS) is 19.6. The van der Waals surface area contributed by atoms with Crippen molar-refractivity contribution in [3.8, 4) is 5.75 Å². The SMILES string of the molecule is COC(=O)c1cc(B2OC(C)(C)C(C)(C)O2)c(C)cc1O. The summed E-state index contributed by atoms with van der Waals surface area (Å²) in [6, 6.07) is 3.09. The molecule has 1 heterocycles. The molecule has 0 atom stereocenters. The Labute approximate surface area is 125 Å². The average Bonchev–Trinajstić information content (AvgIpc) is 2.57. The number of ether oxygens (including phenoxy) is 1. The zero-order valence-corrected chi connectivity index (χ0v) is 13.3. The molecule has 0 aliphatic carbocycles. The number of aromatic hydroxyl groups is 1. The van der Waals surface area contributed by atoms with E-state index in [4.69, 9.17) is 9.31 Å². The van der Waals surface area contributed by atoms with E-state index in [-0.39, 0.29) is 11.3 Å². The van der Waals surface area contributed by atoms with Crippen LogP contribution in [0, 0.1) is 6.92 Å². The molecule has 21 heavy (non-hydrogen) atoms. The molecule has 1 saturated heterocycles. The van der Waals surface area contributed by atoms with Crippen LogP contribution in [-0.4, -0.2) is 36.5 Å². The fourth-order valence-corrected chi connectivity index (χ4v) is 2.21. The van der Waals surface area contributed by atoms with Crippen molar-refractivity contribution < 1.29 is 23.9 Å². The van der Waals surface area contributed by atoms with E-state index < -0.39 is 24.3 Å². The van der Waals surface area contributed by atoms with Gasteiger partial charge in [0.15, 0.2) is 0 Å². The first-order chi connectivity index (χ1) is 9.59. The highest BCUT2D eigenvalue weighted by Gasteiger charge is 2.52. The number of benzene rings is 1. The lowest BCUT2D eigenvalue weighted by molar-refractivity contribution is 0.00578. The summed E-state index contributed by atoms with van der Waals surface area (Å²) in [4.78, 5) is 11.7. The van der Waals surface area contributed by atoms with Gasteiger partial charge < -0.3 is 19.2 Å². The summed E-state index contributed by atoms with van der Waals surface area (Å²) in [6.45, 7) is 9.68. The van der Waals surface area contributed by atoms with Gasteiger partial charge in [-0.25, -0.2) is 4.79 Å². The van der Waals surface area contributed by atoms with Crippen LogP contribution in [0.25, 0.3) is 0 Å². The van der Waals surface area contributed by atoms with Crippen LogP contribution in [0.15, 0.2) is 12.1 Å². The summed E-state index contributed by atoms with van der Waals surface area (Å²) >= 11 is 0. The molecule has 0 bridgehead atoms. The summed E-state index contributed by atoms with van der Waals surface area (Å²) in [5.41, 5.74) is 0.680. The molecule has 1 aromatic rings. The van der Waals surface area contributed by atoms with Gasteiger partial charge in [-0.05, 0) is 57.8 Å². The number of phenolic OH excluding ortho intramolecular Hbond substituents is 1. The number of hydrogen-bond donors (Lipinski definition) is 1. The van der Waals surface area contributed by atoms with Gasteiger partial charge in [0.25, 0.3) is 0 Å². The molecule has 5 nitrogen and oxygen atoms in total. The number of phenols is 1. The minimum atomic E-state index is -0.592. The molecule has 1 N–H and O–H groups in total. The lowest BCUT2D eigenvalue weighted by atomic mass is 9.75. The smallest absolute Gasteiger partial charge is 0.495 e. The second-order valence-electron chi connectivity index (χ2n) is 6.31. The summed E-state index contributed by atoms with van der Waals surface area (Å²) in [6.07, 6.45) is 0. The lowest BCUT2D eigenvalue weighted by Gasteiger charge is -2.32. The van der Waals surface area contributed by atoms with Gasteiger partial charge in [0.1, 0.15) is 11.3 Å². The largest absolute Gasteiger partial charge is 0.507 e. The minimum Gasteiger partial charge on any atom is -0.507 e. The Hall–Kier alpha value is -1.53. The van der Waals surface area contributed by atoms with E-state index in [1.807, 2.05) is 34.6 Å². The van der Waals surface area contributed by atoms with Crippen molar-refractivity contribution in [1.29, 1.82) is 0 Å². The van der Waals surface area contributed by atoms with E-state index >= 15 is 0 Å².